The van der Waals surface area contributed by atoms with E-state index in [2.05, 4.69) is 75.4 Å². The number of benzene rings is 5. The number of Topliss-reactive ketones (excluding diaryl/α,β-unsaturated/α-hetero) is 7. The summed E-state index contributed by atoms with van der Waals surface area (Å²) in [5, 5.41) is 8.08. The van der Waals surface area contributed by atoms with Gasteiger partial charge >= 0.3 is 6.09 Å². The number of carbonyl (C=O) groups excluding carboxylic acids is 9. The number of hydrogen-bond acceptors (Lipinski definition) is 21. The van der Waals surface area contributed by atoms with Crippen LogP contribution in [0, 0.1) is 34.6 Å². The highest BCUT2D eigenvalue weighted by molar-refractivity contribution is 5.92. The summed E-state index contributed by atoms with van der Waals surface area (Å²) in [4.78, 5) is 199. The zero-order chi connectivity index (χ0) is 96.6. The minimum Gasteiger partial charge on any atom is -0.444 e. The molecule has 5 saturated carbocycles. The average molecular weight is 1850 g/mol. The highest BCUT2D eigenvalue weighted by Crippen LogP contribution is 2.35. The predicted octanol–water partition coefficient (Wildman–Crippen LogP) is 17.1. The molecular weight excluding hydrogens is 1720 g/mol. The van der Waals surface area contributed by atoms with Crippen molar-refractivity contribution in [3.63, 3.8) is 0 Å². The lowest BCUT2D eigenvalue weighted by Crippen LogP contribution is -2.35. The summed E-state index contributed by atoms with van der Waals surface area (Å²) in [6.07, 6.45) is 15.5. The number of rotatable bonds is 23. The normalized spacial score (nSPS) is 17.5. The molecular formula is C105H126ClN13O15. The second-order valence-electron chi connectivity index (χ2n) is 36.6. The molecule has 5 heterocycles. The lowest BCUT2D eigenvalue weighted by Gasteiger charge is -2.26. The van der Waals surface area contributed by atoms with Gasteiger partial charge < -0.3 is 25.9 Å². The number of aryl methyl sites for hydroxylation is 7. The third-order valence-electron chi connectivity index (χ3n) is 25.1. The molecule has 0 saturated heterocycles. The van der Waals surface area contributed by atoms with Gasteiger partial charge in [-0.15, -0.1) is 12.4 Å². The van der Waals surface area contributed by atoms with Crippen molar-refractivity contribution < 1.29 is 47.9 Å². The van der Waals surface area contributed by atoms with E-state index in [1.54, 1.807) is 103 Å². The number of amides is 2. The van der Waals surface area contributed by atoms with Gasteiger partial charge in [-0.1, -0.05) is 155 Å². The van der Waals surface area contributed by atoms with E-state index in [1.165, 1.54) is 18.3 Å². The molecule has 28 nitrogen and oxygen atoms in total. The number of nitrogens with zero attached hydrogens (tertiary/aromatic N) is 10. The summed E-state index contributed by atoms with van der Waals surface area (Å²) in [5.41, 5.74) is 15.5. The van der Waals surface area contributed by atoms with Gasteiger partial charge in [0.2, 0.25) is 5.91 Å². The van der Waals surface area contributed by atoms with Crippen molar-refractivity contribution in [1.82, 2.24) is 58.4 Å². The van der Waals surface area contributed by atoms with Gasteiger partial charge in [-0.2, -0.15) is 0 Å². The molecule has 0 bridgehead atoms. The summed E-state index contributed by atoms with van der Waals surface area (Å²) < 4.78 is 12.9. The van der Waals surface area contributed by atoms with Gasteiger partial charge in [0.25, 0.3) is 27.8 Å². The fourth-order valence-corrected chi connectivity index (χ4v) is 18.4. The molecule has 5 aromatic heterocycles. The Morgan fingerprint density at radius 1 is 0.388 bits per heavy atom. The molecule has 5 aliphatic carbocycles. The summed E-state index contributed by atoms with van der Waals surface area (Å²) in [6.45, 7) is 40.0. The third kappa shape index (κ3) is 25.0. The lowest BCUT2D eigenvalue weighted by molar-refractivity contribution is -0.123. The fraction of sp³-hybridized carbons (Fsp3) is 0.438. The number of ketones is 7. The van der Waals surface area contributed by atoms with Crippen molar-refractivity contribution in [2.24, 2.45) is 5.73 Å². The largest absolute Gasteiger partial charge is 0.444 e. The second kappa shape index (κ2) is 46.2. The molecule has 4 N–H and O–H groups in total. The minimum absolute atomic E-state index is 0. The second-order valence-corrected chi connectivity index (χ2v) is 36.6. The van der Waals surface area contributed by atoms with E-state index in [4.69, 9.17) is 10.5 Å². The molecule has 5 unspecified atom stereocenters. The molecule has 134 heavy (non-hydrogen) atoms. The Morgan fingerprint density at radius 2 is 0.672 bits per heavy atom. The van der Waals surface area contributed by atoms with Gasteiger partial charge in [0.1, 0.15) is 46.3 Å². The summed E-state index contributed by atoms with van der Waals surface area (Å²) >= 11 is 0. The van der Waals surface area contributed by atoms with E-state index < -0.39 is 41.9 Å². The monoisotopic (exact) mass is 1840 g/mol. The van der Waals surface area contributed by atoms with E-state index in [0.717, 1.165) is 108 Å². The Hall–Kier alpha value is -12.8. The summed E-state index contributed by atoms with van der Waals surface area (Å²) in [5.74, 6) is 3.05. The van der Waals surface area contributed by atoms with Crippen LogP contribution in [0.5, 0.6) is 0 Å². The predicted molar refractivity (Wildman–Crippen MR) is 525 cm³/mol. The quantitative estimate of drug-likeness (QED) is 0.0395. The molecule has 0 radical (unpaired) electrons. The van der Waals surface area contributed by atoms with Crippen LogP contribution in [0.2, 0.25) is 0 Å². The Bertz CT molecular complexity index is 6660. The number of aromatic nitrogens is 10. The summed E-state index contributed by atoms with van der Waals surface area (Å²) in [7, 11) is 0. The van der Waals surface area contributed by atoms with Gasteiger partial charge in [-0.3, -0.25) is 80.4 Å². The van der Waals surface area contributed by atoms with Crippen LogP contribution in [0.15, 0.2) is 176 Å². The van der Waals surface area contributed by atoms with E-state index in [1.807, 2.05) is 61.5 Å². The zero-order valence-electron chi connectivity index (χ0n) is 79.2. The van der Waals surface area contributed by atoms with Crippen LogP contribution >= 0.6 is 12.4 Å². The highest BCUT2D eigenvalue weighted by Gasteiger charge is 2.35. The fourth-order valence-electron chi connectivity index (χ4n) is 18.4. The van der Waals surface area contributed by atoms with Crippen LogP contribution in [0.4, 0.5) is 4.79 Å². The van der Waals surface area contributed by atoms with E-state index in [0.29, 0.717) is 192 Å². The number of ether oxygens (including phenoxy) is 1. The van der Waals surface area contributed by atoms with Crippen LogP contribution in [-0.4, -0.2) is 106 Å². The first-order valence-electron chi connectivity index (χ1n) is 46.3. The van der Waals surface area contributed by atoms with Crippen LogP contribution in [0.1, 0.15) is 283 Å². The number of fused-ring (bicyclic) bond motifs is 5. The molecule has 5 fully saturated rings. The first-order valence-corrected chi connectivity index (χ1v) is 46.3. The number of alkyl carbamates (subject to hydrolysis) is 1. The molecule has 0 spiro atoms. The van der Waals surface area contributed by atoms with Gasteiger partial charge in [-0.25, -0.2) is 29.7 Å². The van der Waals surface area contributed by atoms with E-state index in [-0.39, 0.29) is 113 Å². The van der Waals surface area contributed by atoms with Crippen LogP contribution in [0.3, 0.4) is 0 Å². The van der Waals surface area contributed by atoms with Crippen molar-refractivity contribution in [1.29, 1.82) is 0 Å². The van der Waals surface area contributed by atoms with Crippen molar-refractivity contribution in [3.05, 3.63) is 260 Å². The maximum absolute atomic E-state index is 13.4. The highest BCUT2D eigenvalue weighted by atomic mass is 35.5. The molecule has 10 aromatic rings. The lowest BCUT2D eigenvalue weighted by atomic mass is 9.90. The van der Waals surface area contributed by atoms with Crippen molar-refractivity contribution in [2.75, 3.05) is 0 Å². The van der Waals surface area contributed by atoms with Crippen LogP contribution < -0.4 is 44.2 Å². The van der Waals surface area contributed by atoms with E-state index in [9.17, 15) is 67.1 Å². The van der Waals surface area contributed by atoms with Crippen molar-refractivity contribution in [2.45, 2.75) is 299 Å². The molecule has 15 rings (SSSR count). The number of hydrogen-bond donors (Lipinski definition) is 3. The van der Waals surface area contributed by atoms with Gasteiger partial charge in [0, 0.05) is 77.4 Å². The maximum Gasteiger partial charge on any atom is 0.407 e. The van der Waals surface area contributed by atoms with Gasteiger partial charge in [0.05, 0.1) is 84.7 Å². The average Bonchev–Trinajstić information content (AvgIpc) is 0.782. The molecule has 29 heteroatoms. The Labute approximate surface area is 786 Å². The molecule has 5 atom stereocenters. The standard InChI is InChI=1S/C24H31N3O3.C22H27N3O4.C22H26N2O3.C20H22N2O3.C17H19N3O2.ClH/c1-4-5-6-7-11-22(29)25-15-18-9-8-10-19-23(18)24(30)27(17(3)26-19)20-13-12-16(2)14-21(20)28;1-13-9-10-17(18(26)11-13)25-14(2)24-16-8-6-7-15(19(16)20(25)27)12-23-21(28)29-22(3,4)5;1-4-6-17(25)11-10-16-7-5-8-18-21(16)22(27)24(15(3)23-18)19-12-9-14(2)13-20(19)26;1-12-7-10-17(18(24)11-12)22-14(3)21-16-6-4-5-15(9-8-13(2)23)19(16)20(22)25;1-10-6-7-14(15(21)8-10)20-11(2)19-13-5-3-4-12(9-18)16(13)17(20)22;/h8-10,20H,2,4-7,11-15H2,1,3H3,(H,25,29);6-8,17H,1,9-12H2,2-5H3,(H,23,28);5,7-8,19H,2,4,6,9-13H2,1,3H3;4-6,17H,1,7-11H2,2-3H3;3-5,14H,1,6-9,18H2,2H3;1H. The smallest absolute Gasteiger partial charge is 0.407 e. The molecule has 5 aliphatic rings. The first-order chi connectivity index (χ1) is 63.3. The van der Waals surface area contributed by atoms with Crippen LogP contribution in [-0.2, 0) is 75.6 Å². The Kier molecular flexibility index (Phi) is 35.6. The molecule has 5 aromatic carbocycles. The molecule has 708 valence electrons. The van der Waals surface area contributed by atoms with Crippen molar-refractivity contribution >= 4 is 119 Å². The van der Waals surface area contributed by atoms with Gasteiger partial charge in [0.15, 0.2) is 28.9 Å². The summed E-state index contributed by atoms with van der Waals surface area (Å²) in [6, 6.07) is 24.9. The van der Waals surface area contributed by atoms with Gasteiger partial charge in [-0.05, 0) is 210 Å². The minimum atomic E-state index is -0.612. The maximum atomic E-state index is 13.4. The number of allylic oxidation sites excluding steroid dienone is 5. The topological polar surface area (TPSA) is 387 Å². The van der Waals surface area contributed by atoms with E-state index >= 15 is 0 Å². The first kappa shape index (κ1) is 103. The SMILES string of the molecule is C=C1CCC(n2c(C)nc3cccc(CCC(=O)CCC)c3c2=O)C(=O)C1.C=C1CCC(n2c(C)nc3cccc(CCC(C)=O)c3c2=O)C(=O)C1.C=C1CCC(n2c(C)nc3cccc(CN)c3c2=O)C(=O)C1.C=C1CCC(n2c(C)nc3cccc(CNC(=O)CCCCCC)c3c2=O)C(=O)C1.C=C1CCC(n2c(C)nc3cccc(CNC(=O)OC(C)(C)C)c3c2=O)C(=O)C1.Cl. The molecule has 2 amide bonds. The number of halogens is 1. The Morgan fingerprint density at radius 3 is 0.955 bits per heavy atom. The number of unbranched alkanes of at least 4 members (excludes halogenated alkanes) is 3. The van der Waals surface area contributed by atoms with Crippen LogP contribution in [0.25, 0.3) is 54.5 Å². The zero-order valence-corrected chi connectivity index (χ0v) is 80.0. The third-order valence-corrected chi connectivity index (χ3v) is 25.1. The van der Waals surface area contributed by atoms with Crippen molar-refractivity contribution in [3.8, 4) is 0 Å². The number of nitrogens with one attached hydrogen (secondary N) is 2. The molecule has 0 aliphatic heterocycles. The number of nitrogens with two attached hydrogens (primary N) is 1. The number of carbonyl (C=O) groups is 9. The Balaban J connectivity index is 0.000000174.